The second kappa shape index (κ2) is 8.30. The number of hydrogen-bond acceptors (Lipinski definition) is 7. The first-order valence-electron chi connectivity index (χ1n) is 9.49. The molecular formula is C18H21FN6O3S. The molecule has 0 saturated heterocycles. The number of alkyl carbamates (subject to hydrolysis) is 1. The monoisotopic (exact) mass is 420 g/mol. The first kappa shape index (κ1) is 19.5. The normalized spacial score (nSPS) is 25.2. The van der Waals surface area contributed by atoms with E-state index in [9.17, 15) is 9.18 Å². The lowest BCUT2D eigenvalue weighted by molar-refractivity contribution is 0.146. The van der Waals surface area contributed by atoms with Crippen molar-refractivity contribution in [2.24, 2.45) is 11.0 Å². The van der Waals surface area contributed by atoms with Gasteiger partial charge in [-0.1, -0.05) is 16.5 Å². The molecule has 154 valence electrons. The lowest BCUT2D eigenvalue weighted by atomic mass is 10.0. The summed E-state index contributed by atoms with van der Waals surface area (Å²) >= 11 is 1.49. The molecule has 1 aromatic carbocycles. The second-order valence-electron chi connectivity index (χ2n) is 6.99. The summed E-state index contributed by atoms with van der Waals surface area (Å²) in [5.74, 6) is 0.361. The summed E-state index contributed by atoms with van der Waals surface area (Å²) in [5.41, 5.74) is 10.9. The van der Waals surface area contributed by atoms with Gasteiger partial charge >= 0.3 is 6.09 Å². The third-order valence-electron chi connectivity index (χ3n) is 5.33. The number of nitrogens with one attached hydrogen (secondary N) is 2. The fraction of sp³-hybridized carbons (Fsp3) is 0.556. The number of carbonyl (C=O) groups excluding carboxylic acids is 1. The van der Waals surface area contributed by atoms with E-state index in [0.717, 1.165) is 28.0 Å². The summed E-state index contributed by atoms with van der Waals surface area (Å²) in [6.45, 7) is 1.91. The van der Waals surface area contributed by atoms with E-state index >= 15 is 0 Å². The van der Waals surface area contributed by atoms with Crippen LogP contribution >= 0.6 is 11.3 Å². The smallest absolute Gasteiger partial charge is 0.407 e. The number of rotatable bonds is 6. The number of benzene rings is 1. The number of amides is 1. The van der Waals surface area contributed by atoms with Crippen LogP contribution in [0.1, 0.15) is 18.9 Å². The van der Waals surface area contributed by atoms with E-state index in [1.807, 2.05) is 12.1 Å². The molecular weight excluding hydrogens is 399 g/mol. The zero-order valence-corrected chi connectivity index (χ0v) is 16.6. The number of aromatic nitrogens is 1. The molecule has 0 unspecified atom stereocenters. The molecule has 1 fully saturated rings. The third kappa shape index (κ3) is 3.75. The number of fused-ring (bicyclic) bond motifs is 3. The molecule has 0 bridgehead atoms. The Hall–Kier alpha value is -2.78. The summed E-state index contributed by atoms with van der Waals surface area (Å²) in [7, 11) is 0. The Bertz CT molecular complexity index is 962. The molecule has 2 heterocycles. The summed E-state index contributed by atoms with van der Waals surface area (Å²) in [5, 5.41) is 10.5. The predicted octanol–water partition coefficient (Wildman–Crippen LogP) is 3.79. The third-order valence-corrected chi connectivity index (χ3v) is 6.28. The largest absolute Gasteiger partial charge is 0.493 e. The van der Waals surface area contributed by atoms with Gasteiger partial charge in [-0.3, -0.25) is 4.39 Å². The van der Waals surface area contributed by atoms with Crippen molar-refractivity contribution >= 4 is 32.8 Å². The number of ether oxygens (including phenoxy) is 2. The highest BCUT2D eigenvalue weighted by Gasteiger charge is 2.44. The van der Waals surface area contributed by atoms with Crippen molar-refractivity contribution in [1.82, 2.24) is 10.3 Å². The quantitative estimate of drug-likeness (QED) is 0.418. The van der Waals surface area contributed by atoms with Crippen molar-refractivity contribution in [3.63, 3.8) is 0 Å². The highest BCUT2D eigenvalue weighted by molar-refractivity contribution is 7.22. The van der Waals surface area contributed by atoms with Gasteiger partial charge in [-0.2, -0.15) is 0 Å². The van der Waals surface area contributed by atoms with Crippen LogP contribution in [0.15, 0.2) is 17.2 Å². The average Bonchev–Trinajstić information content (AvgIpc) is 3.40. The van der Waals surface area contributed by atoms with E-state index in [-0.39, 0.29) is 12.6 Å². The molecule has 1 aliphatic carbocycles. The van der Waals surface area contributed by atoms with Gasteiger partial charge in [0.05, 0.1) is 42.2 Å². The molecule has 11 heteroatoms. The van der Waals surface area contributed by atoms with Crippen molar-refractivity contribution in [3.8, 4) is 5.75 Å². The minimum atomic E-state index is -0.709. The first-order chi connectivity index (χ1) is 14.1. The summed E-state index contributed by atoms with van der Waals surface area (Å²) in [4.78, 5) is 19.5. The van der Waals surface area contributed by atoms with Crippen LogP contribution in [0.25, 0.3) is 20.7 Å². The van der Waals surface area contributed by atoms with Gasteiger partial charge in [-0.15, -0.1) is 0 Å². The highest BCUT2D eigenvalue weighted by Crippen LogP contribution is 2.38. The molecule has 0 spiro atoms. The van der Waals surface area contributed by atoms with Crippen LogP contribution in [0, 0.1) is 5.92 Å². The zero-order valence-electron chi connectivity index (χ0n) is 15.8. The fourth-order valence-corrected chi connectivity index (χ4v) is 5.01. The van der Waals surface area contributed by atoms with Crippen molar-refractivity contribution in [3.05, 3.63) is 28.1 Å². The second-order valence-corrected chi connectivity index (χ2v) is 8.02. The number of azide groups is 1. The molecule has 29 heavy (non-hydrogen) atoms. The SMILES string of the molecule is CCOC(=O)N[C@H]1[C@H](N=[N+]=[N-])[C@@H](CF)C[C@H]1Nc1nc2c3c(ccc2s1)OCC3. The number of halogens is 1. The number of nitrogens with zero attached hydrogens (tertiary/aromatic N) is 4. The first-order valence-corrected chi connectivity index (χ1v) is 10.3. The molecule has 1 saturated carbocycles. The zero-order chi connectivity index (χ0) is 20.4. The van der Waals surface area contributed by atoms with Crippen molar-refractivity contribution in [1.29, 1.82) is 0 Å². The molecule has 1 aliphatic heterocycles. The van der Waals surface area contributed by atoms with E-state index < -0.39 is 30.8 Å². The number of anilines is 1. The van der Waals surface area contributed by atoms with Crippen LogP contribution in [0.2, 0.25) is 0 Å². The van der Waals surface area contributed by atoms with E-state index in [0.29, 0.717) is 18.2 Å². The number of hydrogen-bond donors (Lipinski definition) is 2. The standard InChI is InChI=1S/C18H21FN6O3S/c1-2-27-18(26)23-16-11(7-9(8-19)14(16)24-25-20)21-17-22-15-10-5-6-28-12(10)3-4-13(15)29-17/h3-4,9,11,14,16H,2,5-8H2,1H3,(H,21,22)(H,23,26)/t9-,11-,14-,16-/m1/s1. The van der Waals surface area contributed by atoms with Gasteiger partial charge in [-0.25, -0.2) is 9.78 Å². The lowest BCUT2D eigenvalue weighted by Crippen LogP contribution is -2.49. The summed E-state index contributed by atoms with van der Waals surface area (Å²) < 4.78 is 25.2. The number of carbonyl (C=O) groups is 1. The van der Waals surface area contributed by atoms with Gasteiger partial charge in [0.15, 0.2) is 5.13 Å². The lowest BCUT2D eigenvalue weighted by Gasteiger charge is -2.24. The van der Waals surface area contributed by atoms with Gasteiger partial charge < -0.3 is 20.1 Å². The highest BCUT2D eigenvalue weighted by atomic mass is 32.1. The molecule has 0 radical (unpaired) electrons. The van der Waals surface area contributed by atoms with Gasteiger partial charge in [0.1, 0.15) is 5.75 Å². The van der Waals surface area contributed by atoms with Crippen LogP contribution < -0.4 is 15.4 Å². The fourth-order valence-electron chi connectivity index (χ4n) is 4.06. The van der Waals surface area contributed by atoms with Crippen molar-refractivity contribution in [2.75, 3.05) is 25.2 Å². The van der Waals surface area contributed by atoms with E-state index in [1.165, 1.54) is 11.3 Å². The predicted molar refractivity (Wildman–Crippen MR) is 107 cm³/mol. The van der Waals surface area contributed by atoms with Crippen LogP contribution in [0.3, 0.4) is 0 Å². The van der Waals surface area contributed by atoms with E-state index in [1.54, 1.807) is 6.92 Å². The molecule has 2 aliphatic rings. The van der Waals surface area contributed by atoms with Gasteiger partial charge in [0, 0.05) is 22.9 Å². The van der Waals surface area contributed by atoms with E-state index in [4.69, 9.17) is 20.0 Å². The van der Waals surface area contributed by atoms with Crippen LogP contribution in [0.4, 0.5) is 14.3 Å². The Morgan fingerprint density at radius 1 is 1.55 bits per heavy atom. The number of alkyl halides is 1. The molecule has 1 aromatic heterocycles. The molecule has 2 aromatic rings. The topological polar surface area (TPSA) is 121 Å². The maximum Gasteiger partial charge on any atom is 0.407 e. The molecule has 9 nitrogen and oxygen atoms in total. The van der Waals surface area contributed by atoms with Crippen molar-refractivity contribution in [2.45, 2.75) is 37.9 Å². The minimum Gasteiger partial charge on any atom is -0.493 e. The Morgan fingerprint density at radius 3 is 3.17 bits per heavy atom. The van der Waals surface area contributed by atoms with Gasteiger partial charge in [0.25, 0.3) is 0 Å². The molecule has 4 rings (SSSR count). The van der Waals surface area contributed by atoms with Crippen LogP contribution in [0.5, 0.6) is 5.75 Å². The van der Waals surface area contributed by atoms with Gasteiger partial charge in [0.2, 0.25) is 0 Å². The number of thiazole rings is 1. The summed E-state index contributed by atoms with van der Waals surface area (Å²) in [6.07, 6.45) is 0.588. The molecule has 4 atom stereocenters. The minimum absolute atomic E-state index is 0.209. The van der Waals surface area contributed by atoms with Crippen LogP contribution in [-0.2, 0) is 11.2 Å². The Morgan fingerprint density at radius 2 is 2.41 bits per heavy atom. The Kier molecular flexibility index (Phi) is 5.59. The van der Waals surface area contributed by atoms with E-state index in [2.05, 4.69) is 20.7 Å². The van der Waals surface area contributed by atoms with Gasteiger partial charge in [-0.05, 0) is 36.9 Å². The Balaban J connectivity index is 1.60. The van der Waals surface area contributed by atoms with Crippen LogP contribution in [-0.4, -0.2) is 49.1 Å². The molecule has 1 amide bonds. The maximum atomic E-state index is 13.6. The van der Waals surface area contributed by atoms with Crippen molar-refractivity contribution < 1.29 is 18.7 Å². The summed E-state index contributed by atoms with van der Waals surface area (Å²) in [6, 6.07) is 2.26. The Labute approximate surface area is 170 Å². The molecule has 2 N–H and O–H groups in total. The maximum absolute atomic E-state index is 13.6. The average molecular weight is 420 g/mol.